The van der Waals surface area contributed by atoms with Crippen LogP contribution in [0.15, 0.2) is 100 Å². The maximum Gasteiger partial charge on any atom is 0.119 e. The maximum absolute atomic E-state index is 5.93. The van der Waals surface area contributed by atoms with Gasteiger partial charge in [0.05, 0.1) is 40.8 Å². The van der Waals surface area contributed by atoms with Gasteiger partial charge in [-0.1, -0.05) is 77.6 Å². The molecule has 0 saturated heterocycles. The lowest BCUT2D eigenvalue weighted by molar-refractivity contribution is 0.304. The summed E-state index contributed by atoms with van der Waals surface area (Å²) in [5.74, 6) is 0.881. The number of pyridine rings is 2. The van der Waals surface area contributed by atoms with Gasteiger partial charge in [0.15, 0.2) is 0 Å². The number of unbranched alkanes of at least 4 members (excludes halogenated alkanes) is 11. The number of aromatic nitrogens is 2. The molecule has 1 aliphatic carbocycles. The van der Waals surface area contributed by atoms with Crippen molar-refractivity contribution in [3.63, 3.8) is 0 Å². The second kappa shape index (κ2) is 16.4. The molecule has 0 saturated carbocycles. The fraction of sp³-hybridized carbons (Fsp3) is 0.378. The number of ether oxygens (including phenoxy) is 1. The van der Waals surface area contributed by atoms with E-state index in [0.29, 0.717) is 0 Å². The lowest BCUT2D eigenvalue weighted by atomic mass is 10.1. The fourth-order valence-corrected chi connectivity index (χ4v) is 5.42. The molecule has 0 radical (unpaired) electrons. The van der Waals surface area contributed by atoms with Crippen LogP contribution in [0.2, 0.25) is 0 Å². The van der Waals surface area contributed by atoms with Crippen molar-refractivity contribution in [3.8, 4) is 17.1 Å². The molecule has 6 heteroatoms. The van der Waals surface area contributed by atoms with E-state index in [1.807, 2.05) is 72.8 Å². The summed E-state index contributed by atoms with van der Waals surface area (Å²) in [6, 6.07) is 23.5. The molecule has 2 aromatic carbocycles. The first-order chi connectivity index (χ1) is 21.3. The van der Waals surface area contributed by atoms with Crippen LogP contribution in [0.5, 0.6) is 5.75 Å². The Kier molecular flexibility index (Phi) is 11.6. The van der Waals surface area contributed by atoms with Gasteiger partial charge in [-0.2, -0.15) is 10.2 Å². The van der Waals surface area contributed by atoms with Gasteiger partial charge in [0.2, 0.25) is 0 Å². The summed E-state index contributed by atoms with van der Waals surface area (Å²) in [6.07, 6.45) is 19.8. The van der Waals surface area contributed by atoms with Crippen LogP contribution in [0.25, 0.3) is 11.4 Å². The number of nitrogens with zero attached hydrogens (tertiary/aromatic N) is 5. The van der Waals surface area contributed by atoms with E-state index in [1.54, 1.807) is 12.4 Å². The first-order valence-corrected chi connectivity index (χ1v) is 16.1. The van der Waals surface area contributed by atoms with Crippen LogP contribution in [0.4, 0.5) is 17.1 Å². The van der Waals surface area contributed by atoms with E-state index in [2.05, 4.69) is 27.1 Å². The molecule has 0 unspecified atom stereocenters. The molecular weight excluding hydrogens is 530 g/mol. The third kappa shape index (κ3) is 8.90. The van der Waals surface area contributed by atoms with Crippen molar-refractivity contribution in [2.45, 2.75) is 84.0 Å². The summed E-state index contributed by atoms with van der Waals surface area (Å²) in [5, 5.41) is 8.80. The molecule has 2 heterocycles. The number of azo groups is 1. The van der Waals surface area contributed by atoms with Crippen LogP contribution in [-0.2, 0) is 0 Å². The van der Waals surface area contributed by atoms with Gasteiger partial charge in [-0.3, -0.25) is 9.97 Å². The van der Waals surface area contributed by atoms with Gasteiger partial charge < -0.3 is 4.74 Å². The number of fused-ring (bicyclic) bond motifs is 3. The van der Waals surface area contributed by atoms with Crippen molar-refractivity contribution in [3.05, 3.63) is 96.3 Å². The van der Waals surface area contributed by atoms with E-state index in [9.17, 15) is 0 Å². The maximum atomic E-state index is 5.93. The standard InChI is InChI=1S/C37H43N5O/c1-2-3-4-5-6-7-8-9-10-11-12-13-28-43-32-24-22-31(23-25-32)42-41-30-20-18-29(19-21-30)40-35-33-16-14-26-38-36(33)37-34(35)17-15-27-39-37/h14-27H,2-13,28H2,1H3. The zero-order valence-corrected chi connectivity index (χ0v) is 25.4. The molecule has 43 heavy (non-hydrogen) atoms. The Morgan fingerprint density at radius 3 is 1.53 bits per heavy atom. The van der Waals surface area contributed by atoms with Gasteiger partial charge in [-0.05, 0) is 79.2 Å². The Morgan fingerprint density at radius 1 is 0.535 bits per heavy atom. The minimum atomic E-state index is 0.763. The summed E-state index contributed by atoms with van der Waals surface area (Å²) in [5.41, 5.74) is 7.05. The quantitative estimate of drug-likeness (QED) is 0.0820. The molecule has 4 aromatic rings. The summed E-state index contributed by atoms with van der Waals surface area (Å²) in [7, 11) is 0. The summed E-state index contributed by atoms with van der Waals surface area (Å²) >= 11 is 0. The predicted molar refractivity (Wildman–Crippen MR) is 176 cm³/mol. The van der Waals surface area contributed by atoms with Gasteiger partial charge in [0.1, 0.15) is 5.75 Å². The average Bonchev–Trinajstić information content (AvgIpc) is 3.37. The highest BCUT2D eigenvalue weighted by molar-refractivity contribution is 6.23. The minimum Gasteiger partial charge on any atom is -0.494 e. The molecule has 6 nitrogen and oxygen atoms in total. The zero-order chi connectivity index (χ0) is 29.5. The topological polar surface area (TPSA) is 72.1 Å². The second-order valence-corrected chi connectivity index (χ2v) is 11.2. The monoisotopic (exact) mass is 573 g/mol. The fourth-order valence-electron chi connectivity index (χ4n) is 5.42. The Hall–Kier alpha value is -4.19. The molecule has 2 aromatic heterocycles. The lowest BCUT2D eigenvalue weighted by Crippen LogP contribution is -1.97. The first-order valence-electron chi connectivity index (χ1n) is 16.1. The average molecular weight is 574 g/mol. The SMILES string of the molecule is CCCCCCCCCCCCCCOc1ccc(N=Nc2ccc(N=C3c4cccnc4-c4ncccc43)cc2)cc1. The van der Waals surface area contributed by atoms with E-state index >= 15 is 0 Å². The summed E-state index contributed by atoms with van der Waals surface area (Å²) in [6.45, 7) is 3.04. The summed E-state index contributed by atoms with van der Waals surface area (Å²) in [4.78, 5) is 14.0. The molecule has 0 fully saturated rings. The molecule has 0 atom stereocenters. The number of benzene rings is 2. The van der Waals surface area contributed by atoms with E-state index in [1.165, 1.54) is 70.6 Å². The predicted octanol–water partition coefficient (Wildman–Crippen LogP) is 11.1. The number of hydrogen-bond donors (Lipinski definition) is 0. The minimum absolute atomic E-state index is 0.763. The van der Waals surface area contributed by atoms with Gasteiger partial charge in [-0.25, -0.2) is 4.99 Å². The Labute approximate surface area is 256 Å². The summed E-state index contributed by atoms with van der Waals surface area (Å²) < 4.78 is 5.93. The highest BCUT2D eigenvalue weighted by Crippen LogP contribution is 2.35. The molecule has 0 N–H and O–H groups in total. The third-order valence-electron chi connectivity index (χ3n) is 7.82. The molecule has 0 bridgehead atoms. The Bertz CT molecular complexity index is 1430. The molecule has 0 aliphatic heterocycles. The number of rotatable bonds is 17. The van der Waals surface area contributed by atoms with Gasteiger partial charge >= 0.3 is 0 Å². The smallest absolute Gasteiger partial charge is 0.119 e. The van der Waals surface area contributed by atoms with Crippen molar-refractivity contribution in [1.82, 2.24) is 9.97 Å². The van der Waals surface area contributed by atoms with Crippen molar-refractivity contribution in [2.75, 3.05) is 6.61 Å². The van der Waals surface area contributed by atoms with E-state index < -0.39 is 0 Å². The van der Waals surface area contributed by atoms with Crippen molar-refractivity contribution in [1.29, 1.82) is 0 Å². The molecule has 0 spiro atoms. The lowest BCUT2D eigenvalue weighted by Gasteiger charge is -2.06. The third-order valence-corrected chi connectivity index (χ3v) is 7.82. The Morgan fingerprint density at radius 2 is 1.00 bits per heavy atom. The molecule has 5 rings (SSSR count). The van der Waals surface area contributed by atoms with Gasteiger partial charge in [0.25, 0.3) is 0 Å². The van der Waals surface area contributed by atoms with E-state index in [0.717, 1.165) is 64.1 Å². The van der Waals surface area contributed by atoms with Gasteiger partial charge in [0, 0.05) is 23.5 Å². The second-order valence-electron chi connectivity index (χ2n) is 11.2. The van der Waals surface area contributed by atoms with Crippen LogP contribution in [-0.4, -0.2) is 22.3 Å². The van der Waals surface area contributed by atoms with Gasteiger partial charge in [-0.15, -0.1) is 0 Å². The normalized spacial score (nSPS) is 12.0. The van der Waals surface area contributed by atoms with Crippen molar-refractivity contribution in [2.24, 2.45) is 15.2 Å². The first kappa shape index (κ1) is 30.3. The van der Waals surface area contributed by atoms with Crippen LogP contribution < -0.4 is 4.74 Å². The van der Waals surface area contributed by atoms with Crippen LogP contribution in [0.3, 0.4) is 0 Å². The molecule has 1 aliphatic rings. The van der Waals surface area contributed by atoms with Crippen LogP contribution in [0.1, 0.15) is 95.1 Å². The van der Waals surface area contributed by atoms with E-state index in [4.69, 9.17) is 9.73 Å². The van der Waals surface area contributed by atoms with Crippen molar-refractivity contribution >= 4 is 22.8 Å². The zero-order valence-electron chi connectivity index (χ0n) is 25.4. The Balaban J connectivity index is 1.02. The molecule has 222 valence electrons. The van der Waals surface area contributed by atoms with E-state index in [-0.39, 0.29) is 0 Å². The molecule has 0 amide bonds. The molecular formula is C37H43N5O. The van der Waals surface area contributed by atoms with Crippen molar-refractivity contribution < 1.29 is 4.74 Å². The van der Waals surface area contributed by atoms with Crippen LogP contribution in [0, 0.1) is 0 Å². The largest absolute Gasteiger partial charge is 0.494 e. The number of hydrogen-bond acceptors (Lipinski definition) is 6. The van der Waals surface area contributed by atoms with Crippen LogP contribution >= 0.6 is 0 Å². The highest BCUT2D eigenvalue weighted by Gasteiger charge is 2.26. The highest BCUT2D eigenvalue weighted by atomic mass is 16.5. The number of aliphatic imine (C=N–C) groups is 1.